The number of halogens is 1. The second-order valence-corrected chi connectivity index (χ2v) is 7.60. The molecule has 2 atom stereocenters. The Kier molecular flexibility index (Phi) is 6.57. The van der Waals surface area contributed by atoms with E-state index in [1.165, 1.54) is 5.56 Å². The first-order chi connectivity index (χ1) is 13.4. The largest absolute Gasteiger partial charge is 0.487 e. The lowest BCUT2D eigenvalue weighted by molar-refractivity contribution is -0.125. The molecule has 0 radical (unpaired) electrons. The summed E-state index contributed by atoms with van der Waals surface area (Å²) in [5, 5.41) is 3.46. The van der Waals surface area contributed by atoms with Gasteiger partial charge < -0.3 is 15.0 Å². The molecule has 2 aromatic rings. The molecule has 1 heterocycles. The van der Waals surface area contributed by atoms with Crippen LogP contribution in [0.4, 0.5) is 5.69 Å². The number of rotatable bonds is 6. The predicted octanol–water partition coefficient (Wildman–Crippen LogP) is 4.15. The molecule has 0 saturated carbocycles. The van der Waals surface area contributed by atoms with E-state index in [1.807, 2.05) is 37.3 Å². The van der Waals surface area contributed by atoms with Gasteiger partial charge in [-0.15, -0.1) is 0 Å². The van der Waals surface area contributed by atoms with Gasteiger partial charge in [0.15, 0.2) is 0 Å². The number of nitrogens with one attached hydrogen (secondary N) is 1. The molecule has 0 unspecified atom stereocenters. The predicted molar refractivity (Wildman–Crippen MR) is 111 cm³/mol. The van der Waals surface area contributed by atoms with E-state index in [0.29, 0.717) is 29.5 Å². The zero-order valence-corrected chi connectivity index (χ0v) is 16.9. The van der Waals surface area contributed by atoms with Gasteiger partial charge in [0.1, 0.15) is 11.9 Å². The van der Waals surface area contributed by atoms with E-state index in [-0.39, 0.29) is 36.7 Å². The average molecular weight is 401 g/mol. The number of nitrogens with zero attached hydrogens (tertiary/aromatic N) is 1. The summed E-state index contributed by atoms with van der Waals surface area (Å²) in [5.41, 5.74) is 1.84. The number of hydrogen-bond acceptors (Lipinski definition) is 3. The topological polar surface area (TPSA) is 58.6 Å². The Morgan fingerprint density at radius 3 is 2.71 bits per heavy atom. The number of amides is 2. The number of carbonyl (C=O) groups excluding carboxylic acids is 2. The van der Waals surface area contributed by atoms with Gasteiger partial charge in [0, 0.05) is 24.4 Å². The van der Waals surface area contributed by atoms with E-state index in [9.17, 15) is 9.59 Å². The summed E-state index contributed by atoms with van der Waals surface area (Å²) >= 11 is 6.07. The van der Waals surface area contributed by atoms with E-state index in [0.717, 1.165) is 0 Å². The summed E-state index contributed by atoms with van der Waals surface area (Å²) in [7, 11) is 0. The zero-order valence-electron chi connectivity index (χ0n) is 16.2. The molecule has 0 aliphatic carbocycles. The molecule has 0 saturated heterocycles. The van der Waals surface area contributed by atoms with Crippen molar-refractivity contribution in [2.75, 3.05) is 18.0 Å². The summed E-state index contributed by atoms with van der Waals surface area (Å²) in [4.78, 5) is 26.6. The highest BCUT2D eigenvalue weighted by Gasteiger charge is 2.28. The Morgan fingerprint density at radius 2 is 1.96 bits per heavy atom. The van der Waals surface area contributed by atoms with Crippen LogP contribution >= 0.6 is 11.6 Å². The van der Waals surface area contributed by atoms with Crippen molar-refractivity contribution >= 4 is 29.1 Å². The first-order valence-corrected chi connectivity index (χ1v) is 9.90. The molecule has 1 aliphatic rings. The second-order valence-electron chi connectivity index (χ2n) is 7.16. The van der Waals surface area contributed by atoms with Crippen molar-refractivity contribution in [2.24, 2.45) is 0 Å². The minimum atomic E-state index is -0.122. The Hall–Kier alpha value is -2.53. The number of benzene rings is 2. The Balaban J connectivity index is 1.53. The Bertz CT molecular complexity index is 841. The average Bonchev–Trinajstić information content (AvgIpc) is 2.70. The molecular weight excluding hydrogens is 376 g/mol. The maximum absolute atomic E-state index is 12.7. The van der Waals surface area contributed by atoms with Crippen molar-refractivity contribution < 1.29 is 14.3 Å². The SMILES string of the molecule is C[C@@H]1CN(C(=O)CCC(=O)NC[C@@H](C)c2ccccc2)c2cc(Cl)ccc2O1. The maximum atomic E-state index is 12.7. The monoisotopic (exact) mass is 400 g/mol. The maximum Gasteiger partial charge on any atom is 0.227 e. The zero-order chi connectivity index (χ0) is 20.1. The lowest BCUT2D eigenvalue weighted by Crippen LogP contribution is -2.42. The third kappa shape index (κ3) is 5.04. The highest BCUT2D eigenvalue weighted by molar-refractivity contribution is 6.31. The third-order valence-corrected chi connectivity index (χ3v) is 5.06. The molecule has 2 aromatic carbocycles. The van der Waals surface area contributed by atoms with E-state index < -0.39 is 0 Å². The number of hydrogen-bond donors (Lipinski definition) is 1. The van der Waals surface area contributed by atoms with Crippen LogP contribution in [-0.4, -0.2) is 31.0 Å². The fourth-order valence-corrected chi connectivity index (χ4v) is 3.42. The van der Waals surface area contributed by atoms with Crippen LogP contribution < -0.4 is 15.0 Å². The van der Waals surface area contributed by atoms with Crippen molar-refractivity contribution in [1.82, 2.24) is 5.32 Å². The van der Waals surface area contributed by atoms with Crippen LogP contribution in [-0.2, 0) is 9.59 Å². The Morgan fingerprint density at radius 1 is 1.21 bits per heavy atom. The summed E-state index contributed by atoms with van der Waals surface area (Å²) in [6, 6.07) is 15.3. The Labute approximate surface area is 170 Å². The summed E-state index contributed by atoms with van der Waals surface area (Å²) in [6.45, 7) is 4.97. The first-order valence-electron chi connectivity index (χ1n) is 9.52. The fourth-order valence-electron chi connectivity index (χ4n) is 3.26. The molecule has 0 spiro atoms. The van der Waals surface area contributed by atoms with Crippen molar-refractivity contribution in [3.8, 4) is 5.75 Å². The molecule has 1 aliphatic heterocycles. The standard InChI is InChI=1S/C22H25ClN2O3/c1-15(17-6-4-3-5-7-17)13-24-21(26)10-11-22(27)25-14-16(2)28-20-9-8-18(23)12-19(20)25/h3-9,12,15-16H,10-11,13-14H2,1-2H3,(H,24,26)/t15-,16-/m1/s1. The van der Waals surface area contributed by atoms with Gasteiger partial charge in [0.25, 0.3) is 0 Å². The van der Waals surface area contributed by atoms with Crippen LogP contribution in [0.5, 0.6) is 5.75 Å². The summed E-state index contributed by atoms with van der Waals surface area (Å²) < 4.78 is 5.77. The van der Waals surface area contributed by atoms with Crippen LogP contribution in [0.3, 0.4) is 0 Å². The number of anilines is 1. The van der Waals surface area contributed by atoms with Gasteiger partial charge in [-0.2, -0.15) is 0 Å². The summed E-state index contributed by atoms with van der Waals surface area (Å²) in [6.07, 6.45) is 0.185. The molecule has 2 amide bonds. The van der Waals surface area contributed by atoms with E-state index in [2.05, 4.69) is 12.2 Å². The molecular formula is C22H25ClN2O3. The number of fused-ring (bicyclic) bond motifs is 1. The van der Waals surface area contributed by atoms with Crippen LogP contribution in [0.15, 0.2) is 48.5 Å². The van der Waals surface area contributed by atoms with Crippen molar-refractivity contribution in [3.05, 3.63) is 59.1 Å². The van der Waals surface area contributed by atoms with Crippen LogP contribution in [0.1, 0.15) is 38.2 Å². The normalized spacial score (nSPS) is 16.7. The van der Waals surface area contributed by atoms with Gasteiger partial charge in [0.05, 0.1) is 12.2 Å². The molecule has 5 nitrogen and oxygen atoms in total. The van der Waals surface area contributed by atoms with Crippen molar-refractivity contribution in [3.63, 3.8) is 0 Å². The lowest BCUT2D eigenvalue weighted by Gasteiger charge is -2.33. The van der Waals surface area contributed by atoms with Crippen molar-refractivity contribution in [1.29, 1.82) is 0 Å². The molecule has 0 bridgehead atoms. The van der Waals surface area contributed by atoms with Crippen LogP contribution in [0.25, 0.3) is 0 Å². The highest BCUT2D eigenvalue weighted by atomic mass is 35.5. The molecule has 0 aromatic heterocycles. The highest BCUT2D eigenvalue weighted by Crippen LogP contribution is 2.36. The van der Waals surface area contributed by atoms with Gasteiger partial charge in [-0.25, -0.2) is 0 Å². The second kappa shape index (κ2) is 9.11. The van der Waals surface area contributed by atoms with E-state index in [1.54, 1.807) is 23.1 Å². The van der Waals surface area contributed by atoms with E-state index >= 15 is 0 Å². The van der Waals surface area contributed by atoms with Crippen molar-refractivity contribution in [2.45, 2.75) is 38.7 Å². The molecule has 148 valence electrons. The van der Waals surface area contributed by atoms with Crippen LogP contribution in [0.2, 0.25) is 5.02 Å². The van der Waals surface area contributed by atoms with Crippen LogP contribution in [0, 0.1) is 0 Å². The molecule has 3 rings (SSSR count). The quantitative estimate of drug-likeness (QED) is 0.792. The minimum absolute atomic E-state index is 0.107. The molecule has 6 heteroatoms. The first kappa shape index (κ1) is 20.2. The number of carbonyl (C=O) groups is 2. The summed E-state index contributed by atoms with van der Waals surface area (Å²) in [5.74, 6) is 0.626. The molecule has 0 fully saturated rings. The minimum Gasteiger partial charge on any atom is -0.487 e. The van der Waals surface area contributed by atoms with Gasteiger partial charge in [0.2, 0.25) is 11.8 Å². The number of ether oxygens (including phenoxy) is 1. The van der Waals surface area contributed by atoms with Gasteiger partial charge in [-0.3, -0.25) is 9.59 Å². The third-order valence-electron chi connectivity index (χ3n) is 4.82. The van der Waals surface area contributed by atoms with Gasteiger partial charge in [-0.1, -0.05) is 48.9 Å². The van der Waals surface area contributed by atoms with Gasteiger partial charge in [-0.05, 0) is 36.6 Å². The fraction of sp³-hybridized carbons (Fsp3) is 0.364. The molecule has 28 heavy (non-hydrogen) atoms. The van der Waals surface area contributed by atoms with E-state index in [4.69, 9.17) is 16.3 Å². The molecule has 1 N–H and O–H groups in total. The van der Waals surface area contributed by atoms with Gasteiger partial charge >= 0.3 is 0 Å². The lowest BCUT2D eigenvalue weighted by atomic mass is 10.0. The smallest absolute Gasteiger partial charge is 0.227 e.